The molecule has 0 atom stereocenters. The van der Waals surface area contributed by atoms with Crippen LogP contribution in [-0.4, -0.2) is 33.4 Å². The van der Waals surface area contributed by atoms with E-state index < -0.39 is 5.97 Å². The topological polar surface area (TPSA) is 65.3 Å². The van der Waals surface area contributed by atoms with Crippen molar-refractivity contribution in [2.24, 2.45) is 9.98 Å². The van der Waals surface area contributed by atoms with Crippen molar-refractivity contribution in [3.63, 3.8) is 0 Å². The molecule has 1 aliphatic carbocycles. The Morgan fingerprint density at radius 1 is 1.23 bits per heavy atom. The summed E-state index contributed by atoms with van der Waals surface area (Å²) in [4.78, 5) is 23.1. The van der Waals surface area contributed by atoms with Crippen LogP contribution in [0.25, 0.3) is 0 Å². The van der Waals surface area contributed by atoms with E-state index in [4.69, 9.17) is 21.6 Å². The summed E-state index contributed by atoms with van der Waals surface area (Å²) in [6.45, 7) is 0. The number of rotatable bonds is 4. The van der Waals surface area contributed by atoms with Gasteiger partial charge in [0.05, 0.1) is 11.4 Å². The summed E-state index contributed by atoms with van der Waals surface area (Å²) in [6, 6.07) is 15.5. The Morgan fingerprint density at radius 3 is 2.57 bits per heavy atom. The van der Waals surface area contributed by atoms with Crippen LogP contribution in [-0.2, 0) is 4.79 Å². The van der Waals surface area contributed by atoms with E-state index in [1.54, 1.807) is 0 Å². The van der Waals surface area contributed by atoms with Gasteiger partial charge in [0.2, 0.25) is 0 Å². The van der Waals surface area contributed by atoms with Gasteiger partial charge in [0.25, 0.3) is 0 Å². The first-order valence-corrected chi connectivity index (χ1v) is 11.5. The molecule has 158 valence electrons. The molecule has 0 aromatic heterocycles. The number of nitrogens with zero attached hydrogens (tertiary/aromatic N) is 3. The monoisotopic (exact) mass is 619 g/mol. The molecule has 1 fully saturated rings. The molecule has 9 heteroatoms. The molecule has 4 rings (SSSR count). The molecule has 0 radical (unpaired) electrons. The summed E-state index contributed by atoms with van der Waals surface area (Å²) in [7, 11) is 0. The molecule has 0 saturated heterocycles. The summed E-state index contributed by atoms with van der Waals surface area (Å²) in [6.07, 6.45) is 3.99. The number of amidine groups is 2. The molecule has 1 saturated carbocycles. The van der Waals surface area contributed by atoms with Gasteiger partial charge in [-0.3, -0.25) is 4.79 Å². The maximum atomic E-state index is 11.2. The fourth-order valence-corrected chi connectivity index (χ4v) is 5.16. The lowest BCUT2D eigenvalue weighted by atomic mass is 9.94. The van der Waals surface area contributed by atoms with Gasteiger partial charge >= 0.3 is 5.97 Å². The molecule has 2 aromatic rings. The van der Waals surface area contributed by atoms with Crippen molar-refractivity contribution in [3.8, 4) is 0 Å². The van der Waals surface area contributed by atoms with Crippen molar-refractivity contribution < 1.29 is 9.90 Å². The molecule has 1 aliphatic heterocycles. The number of aliphatic carboxylic acids is 1. The summed E-state index contributed by atoms with van der Waals surface area (Å²) in [5, 5.41) is 10.5. The number of benzene rings is 2. The van der Waals surface area contributed by atoms with Crippen molar-refractivity contribution in [1.82, 2.24) is 0 Å². The van der Waals surface area contributed by atoms with E-state index in [1.807, 2.05) is 48.5 Å². The van der Waals surface area contributed by atoms with Crippen molar-refractivity contribution >= 4 is 91.6 Å². The zero-order valence-electron chi connectivity index (χ0n) is 15.9. The number of thioether (sulfide) groups is 1. The van der Waals surface area contributed by atoms with E-state index in [-0.39, 0.29) is 35.3 Å². The highest BCUT2D eigenvalue weighted by Crippen LogP contribution is 2.46. The number of carboxylic acids is 1. The highest BCUT2D eigenvalue weighted by Gasteiger charge is 2.51. The molecule has 5 nitrogen and oxygen atoms in total. The number of hydrogen-bond donors (Lipinski definition) is 1. The maximum Gasteiger partial charge on any atom is 0.313 e. The van der Waals surface area contributed by atoms with Gasteiger partial charge in [-0.05, 0) is 55.3 Å². The Morgan fingerprint density at radius 2 is 1.93 bits per heavy atom. The average Bonchev–Trinajstić information content (AvgIpc) is 3.28. The second kappa shape index (κ2) is 10.0. The molecule has 2 aliphatic rings. The predicted molar refractivity (Wildman–Crippen MR) is 139 cm³/mol. The first-order chi connectivity index (χ1) is 14.0. The van der Waals surface area contributed by atoms with Crippen molar-refractivity contribution in [2.45, 2.75) is 31.2 Å². The minimum atomic E-state index is -0.867. The standard InChI is InChI=1S/C21H19BrClN3O2S.HI/c22-14-6-8-17(9-7-14)26-20(29-13-18(27)28)25-19(21(26)10-1-2-11-21)24-16-5-3-4-15(23)12-16;/h3-9,12H,1-2,10-11,13H2,(H,27,28);1H. The number of carbonyl (C=O) groups is 1. The van der Waals surface area contributed by atoms with E-state index in [9.17, 15) is 9.90 Å². The third-order valence-corrected chi connectivity index (χ3v) is 6.81. The summed E-state index contributed by atoms with van der Waals surface area (Å²) < 4.78 is 0.991. The van der Waals surface area contributed by atoms with Gasteiger partial charge in [-0.25, -0.2) is 9.98 Å². The lowest BCUT2D eigenvalue weighted by molar-refractivity contribution is -0.133. The van der Waals surface area contributed by atoms with Crippen LogP contribution < -0.4 is 4.90 Å². The fourth-order valence-electron chi connectivity index (χ4n) is 3.90. The van der Waals surface area contributed by atoms with Crippen LogP contribution in [0.3, 0.4) is 0 Å². The smallest absolute Gasteiger partial charge is 0.313 e. The first-order valence-electron chi connectivity index (χ1n) is 9.32. The highest BCUT2D eigenvalue weighted by molar-refractivity contribution is 14.0. The highest BCUT2D eigenvalue weighted by atomic mass is 127. The number of anilines is 1. The second-order valence-corrected chi connectivity index (χ2v) is 9.34. The van der Waals surface area contributed by atoms with Crippen LogP contribution in [0.4, 0.5) is 11.4 Å². The molecule has 2 aromatic carbocycles. The summed E-state index contributed by atoms with van der Waals surface area (Å²) in [5.41, 5.74) is 1.38. The van der Waals surface area contributed by atoms with Crippen molar-refractivity contribution in [3.05, 3.63) is 58.0 Å². The predicted octanol–water partition coefficient (Wildman–Crippen LogP) is 6.76. The Bertz CT molecular complexity index is 994. The molecule has 0 unspecified atom stereocenters. The Balaban J connectivity index is 0.00000256. The Labute approximate surface area is 210 Å². The van der Waals surface area contributed by atoms with Crippen LogP contribution in [0.15, 0.2) is 63.0 Å². The zero-order chi connectivity index (χ0) is 20.4. The molecular weight excluding hydrogens is 601 g/mol. The van der Waals surface area contributed by atoms with E-state index in [0.29, 0.717) is 10.2 Å². The Hall–Kier alpha value is -1.10. The normalized spacial score (nSPS) is 18.5. The van der Waals surface area contributed by atoms with Crippen molar-refractivity contribution in [2.75, 3.05) is 10.7 Å². The SMILES string of the molecule is I.O=C(O)CSC1=NC(=Nc2cccc(Cl)c2)C2(CCCC2)N1c1ccc(Br)cc1. The van der Waals surface area contributed by atoms with Crippen molar-refractivity contribution in [1.29, 1.82) is 0 Å². The van der Waals surface area contributed by atoms with Gasteiger partial charge in [-0.1, -0.05) is 58.2 Å². The van der Waals surface area contributed by atoms with Gasteiger partial charge < -0.3 is 10.0 Å². The van der Waals surface area contributed by atoms with Crippen LogP contribution in [0.2, 0.25) is 5.02 Å². The third kappa shape index (κ3) is 4.87. The van der Waals surface area contributed by atoms with E-state index in [0.717, 1.165) is 47.4 Å². The molecule has 1 heterocycles. The molecule has 1 N–H and O–H groups in total. The molecule has 30 heavy (non-hydrogen) atoms. The lowest BCUT2D eigenvalue weighted by Crippen LogP contribution is -2.49. The average molecular weight is 621 g/mol. The van der Waals surface area contributed by atoms with Crippen LogP contribution in [0.5, 0.6) is 0 Å². The van der Waals surface area contributed by atoms with Gasteiger partial charge in [0.1, 0.15) is 5.54 Å². The number of halogens is 3. The maximum absolute atomic E-state index is 11.2. The number of hydrogen-bond acceptors (Lipinski definition) is 4. The number of aliphatic imine (C=N–C) groups is 2. The summed E-state index contributed by atoms with van der Waals surface area (Å²) in [5.74, 6) is -0.186. The minimum Gasteiger partial charge on any atom is -0.481 e. The minimum absolute atomic E-state index is 0. The third-order valence-electron chi connectivity index (χ3n) is 5.12. The van der Waals surface area contributed by atoms with Crippen LogP contribution in [0.1, 0.15) is 25.7 Å². The number of carboxylic acid groups (broad SMARTS) is 1. The van der Waals surface area contributed by atoms with E-state index in [2.05, 4.69) is 20.8 Å². The zero-order valence-corrected chi connectivity index (χ0v) is 21.4. The molecule has 1 spiro atoms. The van der Waals surface area contributed by atoms with Crippen LogP contribution in [0, 0.1) is 0 Å². The van der Waals surface area contributed by atoms with E-state index in [1.165, 1.54) is 11.8 Å². The van der Waals surface area contributed by atoms with Gasteiger partial charge in [-0.15, -0.1) is 24.0 Å². The quantitative estimate of drug-likeness (QED) is 0.384. The molecular formula is C21H20BrClIN3O2S. The lowest BCUT2D eigenvalue weighted by Gasteiger charge is -2.36. The van der Waals surface area contributed by atoms with Gasteiger partial charge in [-0.2, -0.15) is 0 Å². The van der Waals surface area contributed by atoms with E-state index >= 15 is 0 Å². The Kier molecular flexibility index (Phi) is 7.86. The molecule has 0 bridgehead atoms. The van der Waals surface area contributed by atoms with Gasteiger partial charge in [0, 0.05) is 15.2 Å². The largest absolute Gasteiger partial charge is 0.481 e. The van der Waals surface area contributed by atoms with Crippen LogP contribution >= 0.6 is 63.3 Å². The van der Waals surface area contributed by atoms with Gasteiger partial charge in [0.15, 0.2) is 11.0 Å². The molecule has 0 amide bonds. The summed E-state index contributed by atoms with van der Waals surface area (Å²) >= 11 is 10.9. The second-order valence-electron chi connectivity index (χ2n) is 7.04. The first kappa shape index (κ1) is 23.6. The fraction of sp³-hybridized carbons (Fsp3) is 0.286.